The average molecular weight is 148 g/mol. The van der Waals surface area contributed by atoms with E-state index in [2.05, 4.69) is 0 Å². The predicted molar refractivity (Wildman–Crippen MR) is 35.5 cm³/mol. The van der Waals surface area contributed by atoms with Crippen LogP contribution in [0.3, 0.4) is 0 Å². The third-order valence-electron chi connectivity index (χ3n) is 1.88. The lowest BCUT2D eigenvalue weighted by atomic mass is 10.00. The van der Waals surface area contributed by atoms with Crippen LogP contribution in [0, 0.1) is 5.92 Å². The molecule has 1 N–H and O–H groups in total. The van der Waals surface area contributed by atoms with Crippen molar-refractivity contribution in [3.05, 3.63) is 0 Å². The Kier molecular flexibility index (Phi) is 2.63. The monoisotopic (exact) mass is 148 g/mol. The first-order valence-corrected chi connectivity index (χ1v) is 3.61. The minimum Gasteiger partial charge on any atom is -0.390 e. The number of aliphatic hydroxyl groups is 1. The molecule has 2 nitrogen and oxygen atoms in total. The molecule has 0 aromatic heterocycles. The van der Waals surface area contributed by atoms with Gasteiger partial charge in [0, 0.05) is 12.5 Å². The molecule has 3 atom stereocenters. The zero-order chi connectivity index (χ0) is 7.56. The van der Waals surface area contributed by atoms with Gasteiger partial charge in [0.1, 0.15) is 6.17 Å². The van der Waals surface area contributed by atoms with Crippen LogP contribution in [0.5, 0.6) is 0 Å². The maximum absolute atomic E-state index is 12.9. The Bertz CT molecular complexity index is 99.8. The molecule has 1 aliphatic rings. The Hall–Kier alpha value is -0.150. The lowest BCUT2D eigenvalue weighted by Crippen LogP contribution is -2.27. The van der Waals surface area contributed by atoms with Crippen LogP contribution >= 0.6 is 0 Å². The Morgan fingerprint density at radius 3 is 2.80 bits per heavy atom. The van der Waals surface area contributed by atoms with Crippen molar-refractivity contribution in [2.75, 3.05) is 13.2 Å². The van der Waals surface area contributed by atoms with Crippen LogP contribution < -0.4 is 0 Å². The third kappa shape index (κ3) is 1.67. The van der Waals surface area contributed by atoms with Gasteiger partial charge in [-0.3, -0.25) is 0 Å². The topological polar surface area (TPSA) is 29.5 Å². The summed E-state index contributed by atoms with van der Waals surface area (Å²) in [5.74, 6) is -0.0833. The molecular formula is C7H13FO2. The fourth-order valence-electron chi connectivity index (χ4n) is 1.20. The number of hydrogen-bond acceptors (Lipinski definition) is 2. The van der Waals surface area contributed by atoms with E-state index in [-0.39, 0.29) is 5.92 Å². The van der Waals surface area contributed by atoms with Gasteiger partial charge in [-0.05, 0) is 13.3 Å². The van der Waals surface area contributed by atoms with Crippen molar-refractivity contribution in [2.24, 2.45) is 5.92 Å². The summed E-state index contributed by atoms with van der Waals surface area (Å²) in [6.07, 6.45) is -1.22. The molecule has 1 fully saturated rings. The van der Waals surface area contributed by atoms with Gasteiger partial charge in [-0.1, -0.05) is 0 Å². The smallest absolute Gasteiger partial charge is 0.131 e. The molecule has 0 bridgehead atoms. The highest BCUT2D eigenvalue weighted by atomic mass is 19.1. The van der Waals surface area contributed by atoms with Gasteiger partial charge in [0.2, 0.25) is 0 Å². The van der Waals surface area contributed by atoms with Gasteiger partial charge in [0.05, 0.1) is 12.7 Å². The van der Waals surface area contributed by atoms with Crippen molar-refractivity contribution in [1.82, 2.24) is 0 Å². The number of rotatable bonds is 2. The largest absolute Gasteiger partial charge is 0.390 e. The Labute approximate surface area is 60.0 Å². The second kappa shape index (κ2) is 3.30. The lowest BCUT2D eigenvalue weighted by molar-refractivity contribution is 0.0487. The third-order valence-corrected chi connectivity index (χ3v) is 1.88. The van der Waals surface area contributed by atoms with Crippen LogP contribution in [0.2, 0.25) is 0 Å². The highest BCUT2D eigenvalue weighted by molar-refractivity contribution is 4.76. The SMILES string of the molecule is CC(O)C(F)C1CCOC1. The predicted octanol–water partition coefficient (Wildman–Crippen LogP) is 0.742. The fourth-order valence-corrected chi connectivity index (χ4v) is 1.20. The van der Waals surface area contributed by atoms with E-state index in [1.165, 1.54) is 6.92 Å². The Morgan fingerprint density at radius 1 is 1.70 bits per heavy atom. The van der Waals surface area contributed by atoms with Crippen molar-refractivity contribution in [2.45, 2.75) is 25.6 Å². The van der Waals surface area contributed by atoms with Crippen LogP contribution in [0.15, 0.2) is 0 Å². The average Bonchev–Trinajstić information content (AvgIpc) is 2.36. The molecule has 1 aliphatic heterocycles. The standard InChI is InChI=1S/C7H13FO2/c1-5(9)7(8)6-2-3-10-4-6/h5-7,9H,2-4H2,1H3. The van der Waals surface area contributed by atoms with E-state index < -0.39 is 12.3 Å². The summed E-state index contributed by atoms with van der Waals surface area (Å²) in [4.78, 5) is 0. The fraction of sp³-hybridized carbons (Fsp3) is 1.00. The van der Waals surface area contributed by atoms with E-state index in [0.29, 0.717) is 13.2 Å². The van der Waals surface area contributed by atoms with Gasteiger partial charge in [0.15, 0.2) is 0 Å². The van der Waals surface area contributed by atoms with Crippen LogP contribution in [0.1, 0.15) is 13.3 Å². The number of hydrogen-bond donors (Lipinski definition) is 1. The van der Waals surface area contributed by atoms with Crippen molar-refractivity contribution < 1.29 is 14.2 Å². The molecule has 3 unspecified atom stereocenters. The zero-order valence-corrected chi connectivity index (χ0v) is 6.09. The lowest BCUT2D eigenvalue weighted by Gasteiger charge is -2.15. The van der Waals surface area contributed by atoms with Gasteiger partial charge < -0.3 is 9.84 Å². The summed E-state index contributed by atoms with van der Waals surface area (Å²) < 4.78 is 17.9. The van der Waals surface area contributed by atoms with Crippen molar-refractivity contribution >= 4 is 0 Å². The summed E-state index contributed by atoms with van der Waals surface area (Å²) in [7, 11) is 0. The van der Waals surface area contributed by atoms with Gasteiger partial charge in [-0.15, -0.1) is 0 Å². The summed E-state index contributed by atoms with van der Waals surface area (Å²) in [6.45, 7) is 2.58. The summed E-state index contributed by atoms with van der Waals surface area (Å²) in [5, 5.41) is 8.85. The van der Waals surface area contributed by atoms with E-state index in [9.17, 15) is 4.39 Å². The highest BCUT2D eigenvalue weighted by Crippen LogP contribution is 2.21. The first kappa shape index (κ1) is 7.95. The first-order valence-electron chi connectivity index (χ1n) is 3.61. The quantitative estimate of drug-likeness (QED) is 0.626. The Morgan fingerprint density at radius 2 is 2.40 bits per heavy atom. The molecular weight excluding hydrogens is 135 g/mol. The molecule has 1 rings (SSSR count). The molecule has 60 valence electrons. The van der Waals surface area contributed by atoms with E-state index in [1.807, 2.05) is 0 Å². The van der Waals surface area contributed by atoms with E-state index in [4.69, 9.17) is 9.84 Å². The maximum Gasteiger partial charge on any atom is 0.131 e. The second-order valence-corrected chi connectivity index (χ2v) is 2.81. The van der Waals surface area contributed by atoms with Gasteiger partial charge in [-0.25, -0.2) is 4.39 Å². The number of halogens is 1. The summed E-state index contributed by atoms with van der Waals surface area (Å²) >= 11 is 0. The molecule has 3 heteroatoms. The molecule has 1 heterocycles. The van der Waals surface area contributed by atoms with E-state index in [0.717, 1.165) is 6.42 Å². The molecule has 0 aromatic carbocycles. The molecule has 0 saturated carbocycles. The number of aliphatic hydroxyl groups excluding tert-OH is 1. The van der Waals surface area contributed by atoms with Crippen molar-refractivity contribution in [3.8, 4) is 0 Å². The minimum atomic E-state index is -1.11. The Balaban J connectivity index is 2.32. The molecule has 0 spiro atoms. The van der Waals surface area contributed by atoms with Gasteiger partial charge in [0.25, 0.3) is 0 Å². The van der Waals surface area contributed by atoms with Crippen LogP contribution in [0.25, 0.3) is 0 Å². The van der Waals surface area contributed by atoms with Crippen LogP contribution in [-0.2, 0) is 4.74 Å². The second-order valence-electron chi connectivity index (χ2n) is 2.81. The molecule has 0 amide bonds. The summed E-state index contributed by atoms with van der Waals surface area (Å²) in [6, 6.07) is 0. The number of alkyl halides is 1. The maximum atomic E-state index is 12.9. The summed E-state index contributed by atoms with van der Waals surface area (Å²) in [5.41, 5.74) is 0. The molecule has 0 aromatic rings. The van der Waals surface area contributed by atoms with Gasteiger partial charge in [-0.2, -0.15) is 0 Å². The molecule has 0 radical (unpaired) electrons. The van der Waals surface area contributed by atoms with E-state index in [1.54, 1.807) is 0 Å². The first-order chi connectivity index (χ1) is 4.72. The van der Waals surface area contributed by atoms with Crippen LogP contribution in [-0.4, -0.2) is 30.6 Å². The molecule has 10 heavy (non-hydrogen) atoms. The minimum absolute atomic E-state index is 0.0833. The van der Waals surface area contributed by atoms with Crippen molar-refractivity contribution in [3.63, 3.8) is 0 Å². The van der Waals surface area contributed by atoms with Crippen molar-refractivity contribution in [1.29, 1.82) is 0 Å². The van der Waals surface area contributed by atoms with Gasteiger partial charge >= 0.3 is 0 Å². The number of ether oxygens (including phenoxy) is 1. The van der Waals surface area contributed by atoms with Crippen LogP contribution in [0.4, 0.5) is 4.39 Å². The molecule has 0 aliphatic carbocycles. The highest BCUT2D eigenvalue weighted by Gasteiger charge is 2.28. The van der Waals surface area contributed by atoms with E-state index >= 15 is 0 Å². The zero-order valence-electron chi connectivity index (χ0n) is 6.09. The molecule has 1 saturated heterocycles. The normalized spacial score (nSPS) is 32.1.